The number of piperidine rings is 1. The lowest BCUT2D eigenvalue weighted by molar-refractivity contribution is 0.111. The van der Waals surface area contributed by atoms with Gasteiger partial charge in [0.2, 0.25) is 0 Å². The van der Waals surface area contributed by atoms with E-state index in [0.29, 0.717) is 0 Å². The molecule has 1 aliphatic heterocycles. The number of hydrogen-bond donors (Lipinski definition) is 1. The molecule has 0 spiro atoms. The topological polar surface area (TPSA) is 46.3 Å². The first-order valence-corrected chi connectivity index (χ1v) is 8.77. The SMILES string of the molecule is NC1(c2ccccc2C=O)CCN(CC2CCCCC2)CC1. The van der Waals surface area contributed by atoms with E-state index in [4.69, 9.17) is 5.73 Å². The predicted molar refractivity (Wildman–Crippen MR) is 89.9 cm³/mol. The van der Waals surface area contributed by atoms with E-state index in [-0.39, 0.29) is 5.54 Å². The van der Waals surface area contributed by atoms with Gasteiger partial charge in [-0.05, 0) is 37.2 Å². The molecular weight excluding hydrogens is 272 g/mol. The fourth-order valence-electron chi connectivity index (χ4n) is 4.19. The zero-order valence-corrected chi connectivity index (χ0v) is 13.5. The first-order valence-electron chi connectivity index (χ1n) is 8.77. The van der Waals surface area contributed by atoms with Crippen LogP contribution in [0.5, 0.6) is 0 Å². The number of carbonyl (C=O) groups excluding carboxylic acids is 1. The van der Waals surface area contributed by atoms with Gasteiger partial charge in [-0.25, -0.2) is 0 Å². The number of nitrogens with two attached hydrogens (primary N) is 1. The molecule has 1 saturated carbocycles. The van der Waals surface area contributed by atoms with Gasteiger partial charge in [0.25, 0.3) is 0 Å². The van der Waals surface area contributed by atoms with Gasteiger partial charge in [0.1, 0.15) is 6.29 Å². The fraction of sp³-hybridized carbons (Fsp3) is 0.632. The summed E-state index contributed by atoms with van der Waals surface area (Å²) < 4.78 is 0. The zero-order valence-electron chi connectivity index (χ0n) is 13.5. The molecule has 0 unspecified atom stereocenters. The second-order valence-electron chi connectivity index (χ2n) is 7.17. The van der Waals surface area contributed by atoms with Gasteiger partial charge in [-0.2, -0.15) is 0 Å². The lowest BCUT2D eigenvalue weighted by atomic mass is 9.79. The standard InChI is InChI=1S/C19H28N2O/c20-19(18-9-5-4-8-17(18)15-22)10-12-21(13-11-19)14-16-6-2-1-3-7-16/h4-5,8-9,15-16H,1-3,6-7,10-14,20H2. The van der Waals surface area contributed by atoms with Gasteiger partial charge in [0.15, 0.2) is 0 Å². The van der Waals surface area contributed by atoms with Gasteiger partial charge >= 0.3 is 0 Å². The molecule has 1 saturated heterocycles. The van der Waals surface area contributed by atoms with Crippen LogP contribution in [0.1, 0.15) is 60.9 Å². The molecule has 120 valence electrons. The first kappa shape index (κ1) is 15.7. The summed E-state index contributed by atoms with van der Waals surface area (Å²) in [7, 11) is 0. The Morgan fingerprint density at radius 2 is 1.82 bits per heavy atom. The minimum absolute atomic E-state index is 0.333. The Kier molecular flexibility index (Phi) is 4.94. The summed E-state index contributed by atoms with van der Waals surface area (Å²) in [5, 5.41) is 0. The molecule has 1 aromatic rings. The smallest absolute Gasteiger partial charge is 0.150 e. The van der Waals surface area contributed by atoms with E-state index in [9.17, 15) is 4.79 Å². The normalized spacial score (nSPS) is 23.3. The summed E-state index contributed by atoms with van der Waals surface area (Å²) in [5.41, 5.74) is 8.12. The highest BCUT2D eigenvalue weighted by Gasteiger charge is 2.34. The molecule has 3 nitrogen and oxygen atoms in total. The fourth-order valence-corrected chi connectivity index (χ4v) is 4.19. The highest BCUT2D eigenvalue weighted by molar-refractivity contribution is 5.77. The highest BCUT2D eigenvalue weighted by atomic mass is 16.1. The van der Waals surface area contributed by atoms with Gasteiger partial charge in [0, 0.05) is 30.7 Å². The van der Waals surface area contributed by atoms with Crippen LogP contribution in [0.3, 0.4) is 0 Å². The third-order valence-electron chi connectivity index (χ3n) is 5.61. The van der Waals surface area contributed by atoms with Gasteiger partial charge in [-0.1, -0.05) is 43.5 Å². The quantitative estimate of drug-likeness (QED) is 0.868. The molecule has 0 atom stereocenters. The molecule has 3 heteroatoms. The van der Waals surface area contributed by atoms with Gasteiger partial charge in [-0.3, -0.25) is 4.79 Å². The second-order valence-corrected chi connectivity index (χ2v) is 7.17. The minimum atomic E-state index is -0.333. The van der Waals surface area contributed by atoms with Crippen molar-refractivity contribution < 1.29 is 4.79 Å². The van der Waals surface area contributed by atoms with Crippen molar-refractivity contribution in [1.29, 1.82) is 0 Å². The van der Waals surface area contributed by atoms with Crippen molar-refractivity contribution in [1.82, 2.24) is 4.90 Å². The molecule has 2 aliphatic rings. The van der Waals surface area contributed by atoms with Crippen LogP contribution < -0.4 is 5.73 Å². The van der Waals surface area contributed by atoms with Gasteiger partial charge < -0.3 is 10.6 Å². The number of hydrogen-bond acceptors (Lipinski definition) is 3. The molecule has 1 aromatic carbocycles. The summed E-state index contributed by atoms with van der Waals surface area (Å²) in [5.74, 6) is 0.890. The average Bonchev–Trinajstić information content (AvgIpc) is 2.58. The molecule has 3 rings (SSSR count). The summed E-state index contributed by atoms with van der Waals surface area (Å²) in [6, 6.07) is 7.81. The van der Waals surface area contributed by atoms with Crippen molar-refractivity contribution >= 4 is 6.29 Å². The predicted octanol–water partition coefficient (Wildman–Crippen LogP) is 3.33. The van der Waals surface area contributed by atoms with E-state index in [1.165, 1.54) is 38.6 Å². The maximum Gasteiger partial charge on any atom is 0.150 e. The number of aldehydes is 1. The Balaban J connectivity index is 1.61. The molecule has 22 heavy (non-hydrogen) atoms. The highest BCUT2D eigenvalue weighted by Crippen LogP contribution is 2.33. The largest absolute Gasteiger partial charge is 0.321 e. The van der Waals surface area contributed by atoms with Crippen molar-refractivity contribution in [2.24, 2.45) is 11.7 Å². The van der Waals surface area contributed by atoms with Crippen molar-refractivity contribution in [2.75, 3.05) is 19.6 Å². The molecule has 2 fully saturated rings. The molecule has 0 bridgehead atoms. The van der Waals surface area contributed by atoms with E-state index in [0.717, 1.165) is 49.3 Å². The molecular formula is C19H28N2O. The van der Waals surface area contributed by atoms with Crippen molar-refractivity contribution in [2.45, 2.75) is 50.5 Å². The monoisotopic (exact) mass is 300 g/mol. The molecule has 0 radical (unpaired) electrons. The van der Waals surface area contributed by atoms with Crippen LogP contribution in [0.4, 0.5) is 0 Å². The number of nitrogens with zero attached hydrogens (tertiary/aromatic N) is 1. The van der Waals surface area contributed by atoms with E-state index in [1.807, 2.05) is 24.3 Å². The van der Waals surface area contributed by atoms with Crippen LogP contribution in [-0.2, 0) is 5.54 Å². The van der Waals surface area contributed by atoms with E-state index in [2.05, 4.69) is 4.90 Å². The Hall–Kier alpha value is -1.19. The summed E-state index contributed by atoms with van der Waals surface area (Å²) in [4.78, 5) is 13.9. The van der Waals surface area contributed by atoms with Crippen LogP contribution in [0, 0.1) is 5.92 Å². The second kappa shape index (κ2) is 6.93. The van der Waals surface area contributed by atoms with Gasteiger partial charge in [0.05, 0.1) is 0 Å². The van der Waals surface area contributed by atoms with Crippen molar-refractivity contribution in [3.8, 4) is 0 Å². The third-order valence-corrected chi connectivity index (χ3v) is 5.61. The minimum Gasteiger partial charge on any atom is -0.321 e. The number of likely N-dealkylation sites (tertiary alicyclic amines) is 1. The lowest BCUT2D eigenvalue weighted by Gasteiger charge is -2.41. The number of benzene rings is 1. The van der Waals surface area contributed by atoms with Crippen molar-refractivity contribution in [3.63, 3.8) is 0 Å². The maximum atomic E-state index is 11.3. The van der Waals surface area contributed by atoms with Crippen LogP contribution >= 0.6 is 0 Å². The molecule has 1 aliphatic carbocycles. The first-order chi connectivity index (χ1) is 10.7. The third kappa shape index (κ3) is 3.41. The Labute approximate surface area is 133 Å². The molecule has 2 N–H and O–H groups in total. The van der Waals surface area contributed by atoms with Crippen LogP contribution in [0.25, 0.3) is 0 Å². The maximum absolute atomic E-state index is 11.3. The molecule has 0 amide bonds. The summed E-state index contributed by atoms with van der Waals surface area (Å²) >= 11 is 0. The van der Waals surface area contributed by atoms with E-state index >= 15 is 0 Å². The van der Waals surface area contributed by atoms with Crippen LogP contribution in [0.2, 0.25) is 0 Å². The summed E-state index contributed by atoms with van der Waals surface area (Å²) in [6.07, 6.45) is 9.88. The summed E-state index contributed by atoms with van der Waals surface area (Å²) in [6.45, 7) is 3.35. The lowest BCUT2D eigenvalue weighted by Crippen LogP contribution is -2.49. The Morgan fingerprint density at radius 3 is 2.50 bits per heavy atom. The van der Waals surface area contributed by atoms with E-state index < -0.39 is 0 Å². The van der Waals surface area contributed by atoms with Crippen LogP contribution in [0.15, 0.2) is 24.3 Å². The number of carbonyl (C=O) groups is 1. The van der Waals surface area contributed by atoms with E-state index in [1.54, 1.807) is 0 Å². The Morgan fingerprint density at radius 1 is 1.14 bits per heavy atom. The van der Waals surface area contributed by atoms with Gasteiger partial charge in [-0.15, -0.1) is 0 Å². The van der Waals surface area contributed by atoms with Crippen LogP contribution in [-0.4, -0.2) is 30.8 Å². The van der Waals surface area contributed by atoms with Crippen molar-refractivity contribution in [3.05, 3.63) is 35.4 Å². The molecule has 0 aromatic heterocycles. The Bertz CT molecular complexity index is 500. The molecule has 1 heterocycles. The number of rotatable bonds is 4. The zero-order chi connectivity index (χ0) is 15.4. The average molecular weight is 300 g/mol.